The average molecular weight is 537 g/mol. The summed E-state index contributed by atoms with van der Waals surface area (Å²) in [7, 11) is 1.53. The quantitative estimate of drug-likeness (QED) is 0.199. The highest BCUT2D eigenvalue weighted by Crippen LogP contribution is 2.38. The molecule has 8 heteroatoms. The molecule has 0 aromatic heterocycles. The number of rotatable bonds is 7. The summed E-state index contributed by atoms with van der Waals surface area (Å²) >= 11 is 8.63. The molecule has 0 bridgehead atoms. The van der Waals surface area contributed by atoms with Crippen molar-refractivity contribution < 1.29 is 19.1 Å². The highest BCUT2D eigenvalue weighted by molar-refractivity contribution is 9.10. The topological polar surface area (TPSA) is 67.9 Å². The van der Waals surface area contributed by atoms with Crippen LogP contribution in [0.15, 0.2) is 77.3 Å². The maximum absolute atomic E-state index is 12.8. The van der Waals surface area contributed by atoms with E-state index in [1.807, 2.05) is 24.3 Å². The van der Waals surface area contributed by atoms with Crippen molar-refractivity contribution in [3.05, 3.63) is 88.4 Å². The van der Waals surface area contributed by atoms with Gasteiger partial charge in [-0.15, -0.1) is 6.58 Å². The zero-order chi connectivity index (χ0) is 24.2. The van der Waals surface area contributed by atoms with E-state index in [-0.39, 0.29) is 17.2 Å². The fraction of sp³-hybridized carbons (Fsp3) is 0.115. The number of hydrogen-bond acceptors (Lipinski definition) is 5. The van der Waals surface area contributed by atoms with Gasteiger partial charge >= 0.3 is 0 Å². The maximum Gasteiger partial charge on any atom is 0.265 e. The average Bonchev–Trinajstić information content (AvgIpc) is 2.83. The standard InChI is InChI=1S/C26H21BrN2O4S/c1-3-11-29-25(31)20(24(30)28-26(29)34)12-16-13-21(27)23(22(14-16)32-2)33-15-18-9-6-8-17-7-4-5-10-19(17)18/h3-10,12-14H,1,11,15H2,2H3,(H,28,30,34)/b20-12-. The van der Waals surface area contributed by atoms with E-state index < -0.39 is 11.8 Å². The summed E-state index contributed by atoms with van der Waals surface area (Å²) in [5.41, 5.74) is 1.60. The number of thiocarbonyl (C=S) groups is 1. The second-order valence-corrected chi connectivity index (χ2v) is 8.72. The van der Waals surface area contributed by atoms with E-state index in [1.165, 1.54) is 18.1 Å². The molecule has 0 aliphatic carbocycles. The molecule has 0 spiro atoms. The fourth-order valence-corrected chi connectivity index (χ4v) is 4.51. The van der Waals surface area contributed by atoms with Crippen LogP contribution in [-0.2, 0) is 16.2 Å². The molecule has 1 heterocycles. The van der Waals surface area contributed by atoms with Gasteiger partial charge in [0.15, 0.2) is 16.6 Å². The predicted octanol–water partition coefficient (Wildman–Crippen LogP) is 5.00. The van der Waals surface area contributed by atoms with Crippen molar-refractivity contribution >= 4 is 61.9 Å². The van der Waals surface area contributed by atoms with Crippen molar-refractivity contribution in [3.63, 3.8) is 0 Å². The monoisotopic (exact) mass is 536 g/mol. The van der Waals surface area contributed by atoms with Gasteiger partial charge in [-0.1, -0.05) is 48.5 Å². The molecule has 0 atom stereocenters. The summed E-state index contributed by atoms with van der Waals surface area (Å²) in [6.45, 7) is 4.17. The van der Waals surface area contributed by atoms with Crippen LogP contribution in [0.3, 0.4) is 0 Å². The lowest BCUT2D eigenvalue weighted by atomic mass is 10.1. The Labute approximate surface area is 211 Å². The van der Waals surface area contributed by atoms with Crippen molar-refractivity contribution in [3.8, 4) is 11.5 Å². The van der Waals surface area contributed by atoms with Gasteiger partial charge in [-0.25, -0.2) is 0 Å². The van der Waals surface area contributed by atoms with Gasteiger partial charge in [-0.3, -0.25) is 19.8 Å². The molecule has 1 aliphatic heterocycles. The number of methoxy groups -OCH3 is 1. The van der Waals surface area contributed by atoms with Crippen LogP contribution in [0.2, 0.25) is 0 Å². The molecule has 3 aromatic carbocycles. The van der Waals surface area contributed by atoms with Gasteiger partial charge in [0.2, 0.25) is 0 Å². The Morgan fingerprint density at radius 2 is 1.91 bits per heavy atom. The number of hydrogen-bond donors (Lipinski definition) is 1. The van der Waals surface area contributed by atoms with Crippen LogP contribution >= 0.6 is 28.1 Å². The van der Waals surface area contributed by atoms with Gasteiger partial charge in [-0.05, 0) is 68.3 Å². The lowest BCUT2D eigenvalue weighted by Gasteiger charge is -2.27. The van der Waals surface area contributed by atoms with Gasteiger partial charge in [0.05, 0.1) is 11.6 Å². The van der Waals surface area contributed by atoms with E-state index in [9.17, 15) is 9.59 Å². The Hall–Kier alpha value is -3.49. The van der Waals surface area contributed by atoms with Gasteiger partial charge in [0.25, 0.3) is 11.8 Å². The number of amides is 2. The Morgan fingerprint density at radius 3 is 2.68 bits per heavy atom. The molecule has 0 radical (unpaired) electrons. The first-order valence-electron chi connectivity index (χ1n) is 10.4. The van der Waals surface area contributed by atoms with E-state index in [0.29, 0.717) is 28.1 Å². The lowest BCUT2D eigenvalue weighted by Crippen LogP contribution is -2.53. The summed E-state index contributed by atoms with van der Waals surface area (Å²) in [6, 6.07) is 17.7. The Kier molecular flexibility index (Phi) is 7.09. The third-order valence-electron chi connectivity index (χ3n) is 5.31. The molecule has 0 saturated carbocycles. The third-order valence-corrected chi connectivity index (χ3v) is 6.22. The van der Waals surface area contributed by atoms with Crippen molar-refractivity contribution in [2.75, 3.05) is 13.7 Å². The third kappa shape index (κ3) is 4.73. The normalized spacial score (nSPS) is 14.9. The molecule has 1 fully saturated rings. The molecular weight excluding hydrogens is 516 g/mol. The summed E-state index contributed by atoms with van der Waals surface area (Å²) in [6.07, 6.45) is 3.04. The van der Waals surface area contributed by atoms with Gasteiger partial charge < -0.3 is 9.47 Å². The minimum Gasteiger partial charge on any atom is -0.493 e. The summed E-state index contributed by atoms with van der Waals surface area (Å²) in [5, 5.41) is 4.85. The first-order valence-corrected chi connectivity index (χ1v) is 11.6. The van der Waals surface area contributed by atoms with Crippen LogP contribution in [0.25, 0.3) is 16.8 Å². The number of carbonyl (C=O) groups is 2. The smallest absolute Gasteiger partial charge is 0.265 e. The number of benzene rings is 3. The van der Waals surface area contributed by atoms with Crippen LogP contribution in [0.1, 0.15) is 11.1 Å². The number of ether oxygens (including phenoxy) is 2. The number of nitrogens with zero attached hydrogens (tertiary/aromatic N) is 1. The van der Waals surface area contributed by atoms with Crippen LogP contribution in [0.5, 0.6) is 11.5 Å². The molecule has 4 rings (SSSR count). The van der Waals surface area contributed by atoms with Gasteiger partial charge in [-0.2, -0.15) is 0 Å². The van der Waals surface area contributed by atoms with Gasteiger partial charge in [0, 0.05) is 6.54 Å². The molecule has 172 valence electrons. The van der Waals surface area contributed by atoms with E-state index in [4.69, 9.17) is 21.7 Å². The molecule has 2 amide bonds. The molecule has 3 aromatic rings. The minimum absolute atomic E-state index is 0.0335. The van der Waals surface area contributed by atoms with Crippen LogP contribution < -0.4 is 14.8 Å². The molecular formula is C26H21BrN2O4S. The number of halogens is 1. The zero-order valence-electron chi connectivity index (χ0n) is 18.3. The SMILES string of the molecule is C=CCN1C(=O)/C(=C\c2cc(Br)c(OCc3cccc4ccccc34)c(OC)c2)C(=O)NC1=S. The van der Waals surface area contributed by atoms with Crippen LogP contribution in [-0.4, -0.2) is 35.5 Å². The summed E-state index contributed by atoms with van der Waals surface area (Å²) in [5.74, 6) is -0.0585. The first kappa shape index (κ1) is 23.7. The Morgan fingerprint density at radius 1 is 1.15 bits per heavy atom. The molecule has 34 heavy (non-hydrogen) atoms. The van der Waals surface area contributed by atoms with Gasteiger partial charge in [0.1, 0.15) is 12.2 Å². The van der Waals surface area contributed by atoms with Crippen molar-refractivity contribution in [1.82, 2.24) is 10.2 Å². The number of nitrogens with one attached hydrogen (secondary N) is 1. The van der Waals surface area contributed by atoms with E-state index in [2.05, 4.69) is 46.0 Å². The molecule has 0 unspecified atom stereocenters. The lowest BCUT2D eigenvalue weighted by molar-refractivity contribution is -0.128. The van der Waals surface area contributed by atoms with Crippen molar-refractivity contribution in [1.29, 1.82) is 0 Å². The minimum atomic E-state index is -0.554. The molecule has 6 nitrogen and oxygen atoms in total. The molecule has 1 saturated heterocycles. The number of fused-ring (bicyclic) bond motifs is 1. The van der Waals surface area contributed by atoms with Crippen molar-refractivity contribution in [2.24, 2.45) is 0 Å². The van der Waals surface area contributed by atoms with Crippen LogP contribution in [0.4, 0.5) is 0 Å². The van der Waals surface area contributed by atoms with E-state index in [1.54, 1.807) is 18.2 Å². The second-order valence-electron chi connectivity index (χ2n) is 7.48. The fourth-order valence-electron chi connectivity index (χ4n) is 3.69. The highest BCUT2D eigenvalue weighted by atomic mass is 79.9. The number of carbonyl (C=O) groups excluding carboxylic acids is 2. The molecule has 1 aliphatic rings. The predicted molar refractivity (Wildman–Crippen MR) is 140 cm³/mol. The highest BCUT2D eigenvalue weighted by Gasteiger charge is 2.32. The summed E-state index contributed by atoms with van der Waals surface area (Å²) in [4.78, 5) is 26.5. The molecule has 1 N–H and O–H groups in total. The summed E-state index contributed by atoms with van der Waals surface area (Å²) < 4.78 is 12.3. The van der Waals surface area contributed by atoms with E-state index >= 15 is 0 Å². The van der Waals surface area contributed by atoms with Crippen molar-refractivity contribution in [2.45, 2.75) is 6.61 Å². The van der Waals surface area contributed by atoms with Crippen LogP contribution in [0, 0.1) is 0 Å². The Balaban J connectivity index is 1.63. The zero-order valence-corrected chi connectivity index (χ0v) is 20.7. The first-order chi connectivity index (χ1) is 16.4. The maximum atomic E-state index is 12.8. The largest absolute Gasteiger partial charge is 0.493 e. The second kappa shape index (κ2) is 10.2. The van der Waals surface area contributed by atoms with E-state index in [0.717, 1.165) is 16.3 Å². The Bertz CT molecular complexity index is 1350.